The van der Waals surface area contributed by atoms with Gasteiger partial charge >= 0.3 is 0 Å². The van der Waals surface area contributed by atoms with Crippen molar-refractivity contribution in [3.8, 4) is 0 Å². The van der Waals surface area contributed by atoms with Crippen LogP contribution in [0.25, 0.3) is 0 Å². The summed E-state index contributed by atoms with van der Waals surface area (Å²) < 4.78 is 14.1. The SMILES string of the molecule is CCN=C(NC1CC1c1ccccc1F)N1CCN(CC(=O)N2CCCCC2)CC1. The molecule has 1 saturated carbocycles. The van der Waals surface area contributed by atoms with Crippen molar-refractivity contribution in [3.05, 3.63) is 35.6 Å². The molecule has 3 fully saturated rings. The molecule has 2 unspecified atom stereocenters. The highest BCUT2D eigenvalue weighted by Crippen LogP contribution is 2.41. The van der Waals surface area contributed by atoms with E-state index < -0.39 is 0 Å². The van der Waals surface area contributed by atoms with E-state index in [0.29, 0.717) is 13.1 Å². The summed E-state index contributed by atoms with van der Waals surface area (Å²) in [4.78, 5) is 23.8. The van der Waals surface area contributed by atoms with E-state index in [2.05, 4.69) is 20.1 Å². The molecule has 0 aromatic heterocycles. The van der Waals surface area contributed by atoms with E-state index in [0.717, 1.165) is 70.1 Å². The van der Waals surface area contributed by atoms with Crippen LogP contribution >= 0.6 is 0 Å². The molecule has 0 radical (unpaired) electrons. The van der Waals surface area contributed by atoms with Crippen LogP contribution in [-0.2, 0) is 4.79 Å². The number of hydrogen-bond acceptors (Lipinski definition) is 3. The lowest BCUT2D eigenvalue weighted by Gasteiger charge is -2.37. The molecule has 2 aliphatic heterocycles. The molecular weight excluding hydrogens is 381 g/mol. The number of piperazine rings is 1. The zero-order valence-electron chi connectivity index (χ0n) is 18.0. The van der Waals surface area contributed by atoms with E-state index in [4.69, 9.17) is 0 Å². The maximum atomic E-state index is 14.1. The third-order valence-corrected chi connectivity index (χ3v) is 6.46. The van der Waals surface area contributed by atoms with Crippen LogP contribution in [0.1, 0.15) is 44.1 Å². The predicted octanol–water partition coefficient (Wildman–Crippen LogP) is 2.28. The number of piperidine rings is 1. The number of benzene rings is 1. The van der Waals surface area contributed by atoms with Crippen molar-refractivity contribution in [3.63, 3.8) is 0 Å². The molecule has 0 spiro atoms. The molecule has 6 nitrogen and oxygen atoms in total. The number of nitrogens with zero attached hydrogens (tertiary/aromatic N) is 4. The highest BCUT2D eigenvalue weighted by atomic mass is 19.1. The predicted molar refractivity (Wildman–Crippen MR) is 117 cm³/mol. The van der Waals surface area contributed by atoms with Crippen LogP contribution in [0.2, 0.25) is 0 Å². The molecule has 0 bridgehead atoms. The van der Waals surface area contributed by atoms with Gasteiger partial charge in [-0.05, 0) is 44.2 Å². The molecule has 1 N–H and O–H groups in total. The number of carbonyl (C=O) groups is 1. The minimum Gasteiger partial charge on any atom is -0.353 e. The summed E-state index contributed by atoms with van der Waals surface area (Å²) in [5.41, 5.74) is 0.798. The first-order chi connectivity index (χ1) is 14.7. The van der Waals surface area contributed by atoms with Crippen molar-refractivity contribution >= 4 is 11.9 Å². The van der Waals surface area contributed by atoms with E-state index >= 15 is 0 Å². The van der Waals surface area contributed by atoms with Gasteiger partial charge in [0.2, 0.25) is 5.91 Å². The minimum absolute atomic E-state index is 0.118. The number of nitrogens with one attached hydrogen (secondary N) is 1. The average Bonchev–Trinajstić information content (AvgIpc) is 3.54. The lowest BCUT2D eigenvalue weighted by molar-refractivity contribution is -0.133. The topological polar surface area (TPSA) is 51.2 Å². The van der Waals surface area contributed by atoms with Crippen molar-refractivity contribution in [2.24, 2.45) is 4.99 Å². The molecule has 2 heterocycles. The zero-order valence-corrected chi connectivity index (χ0v) is 18.0. The highest BCUT2D eigenvalue weighted by molar-refractivity contribution is 5.81. The molecule has 1 aromatic rings. The lowest BCUT2D eigenvalue weighted by atomic mass is 10.1. The molecule has 30 heavy (non-hydrogen) atoms. The summed E-state index contributed by atoms with van der Waals surface area (Å²) in [5.74, 6) is 1.29. The minimum atomic E-state index is -0.118. The van der Waals surface area contributed by atoms with E-state index in [-0.39, 0.29) is 23.7 Å². The number of amides is 1. The van der Waals surface area contributed by atoms with Crippen LogP contribution in [0, 0.1) is 5.82 Å². The first-order valence-corrected chi connectivity index (χ1v) is 11.5. The quantitative estimate of drug-likeness (QED) is 0.592. The van der Waals surface area contributed by atoms with Crippen molar-refractivity contribution in [2.75, 3.05) is 52.4 Å². The largest absolute Gasteiger partial charge is 0.353 e. The second-order valence-corrected chi connectivity index (χ2v) is 8.62. The van der Waals surface area contributed by atoms with Crippen LogP contribution in [0.15, 0.2) is 29.3 Å². The summed E-state index contributed by atoms with van der Waals surface area (Å²) in [5, 5.41) is 3.56. The van der Waals surface area contributed by atoms with Crippen molar-refractivity contribution in [2.45, 2.75) is 44.6 Å². The van der Waals surface area contributed by atoms with Crippen LogP contribution in [-0.4, -0.2) is 85.0 Å². The van der Waals surface area contributed by atoms with Crippen LogP contribution in [0.3, 0.4) is 0 Å². The molecule has 1 aliphatic carbocycles. The number of guanidine groups is 1. The molecule has 164 valence electrons. The summed E-state index contributed by atoms with van der Waals surface area (Å²) in [6.45, 7) is 8.56. The molecule has 1 amide bonds. The van der Waals surface area contributed by atoms with Gasteiger partial charge < -0.3 is 15.1 Å². The number of hydrogen-bond donors (Lipinski definition) is 1. The molecule has 4 rings (SSSR count). The van der Waals surface area contributed by atoms with Crippen molar-refractivity contribution < 1.29 is 9.18 Å². The number of likely N-dealkylation sites (tertiary alicyclic amines) is 1. The highest BCUT2D eigenvalue weighted by Gasteiger charge is 2.41. The van der Waals surface area contributed by atoms with E-state index in [1.165, 1.54) is 12.5 Å². The Kier molecular flexibility index (Phi) is 6.87. The Morgan fingerprint density at radius 2 is 1.80 bits per heavy atom. The van der Waals surface area contributed by atoms with E-state index in [1.807, 2.05) is 24.0 Å². The van der Waals surface area contributed by atoms with Crippen molar-refractivity contribution in [1.29, 1.82) is 0 Å². The van der Waals surface area contributed by atoms with Gasteiger partial charge in [-0.2, -0.15) is 0 Å². The van der Waals surface area contributed by atoms with Gasteiger partial charge in [-0.25, -0.2) is 4.39 Å². The maximum absolute atomic E-state index is 14.1. The Morgan fingerprint density at radius 1 is 1.07 bits per heavy atom. The van der Waals surface area contributed by atoms with E-state index in [9.17, 15) is 9.18 Å². The van der Waals surface area contributed by atoms with E-state index in [1.54, 1.807) is 6.07 Å². The van der Waals surface area contributed by atoms with Gasteiger partial charge in [0, 0.05) is 57.8 Å². The molecule has 1 aromatic carbocycles. The monoisotopic (exact) mass is 415 g/mol. The number of halogens is 1. The van der Waals surface area contributed by atoms with Crippen molar-refractivity contribution in [1.82, 2.24) is 20.0 Å². The summed E-state index contributed by atoms with van der Waals surface area (Å²) in [6, 6.07) is 7.31. The Balaban J connectivity index is 1.26. The number of rotatable bonds is 5. The molecular formula is C23H34FN5O. The number of carbonyl (C=O) groups excluding carboxylic acids is 1. The Morgan fingerprint density at radius 3 is 2.50 bits per heavy atom. The first-order valence-electron chi connectivity index (χ1n) is 11.5. The van der Waals surface area contributed by atoms with Crippen LogP contribution < -0.4 is 5.32 Å². The Labute approximate surface area is 179 Å². The summed E-state index contributed by atoms with van der Waals surface area (Å²) in [7, 11) is 0. The van der Waals surface area contributed by atoms with Gasteiger partial charge in [0.15, 0.2) is 5.96 Å². The summed E-state index contributed by atoms with van der Waals surface area (Å²) in [6.07, 6.45) is 4.45. The molecule has 2 saturated heterocycles. The summed E-state index contributed by atoms with van der Waals surface area (Å²) >= 11 is 0. The Bertz CT molecular complexity index is 756. The first kappa shape index (κ1) is 21.1. The number of aliphatic imine (C=N–C) groups is 1. The molecule has 7 heteroatoms. The second-order valence-electron chi connectivity index (χ2n) is 8.62. The van der Waals surface area contributed by atoms with Gasteiger partial charge in [0.1, 0.15) is 5.82 Å². The fourth-order valence-corrected chi connectivity index (χ4v) is 4.58. The van der Waals surface area contributed by atoms with Gasteiger partial charge in [-0.3, -0.25) is 14.7 Å². The third kappa shape index (κ3) is 5.12. The normalized spacial score (nSPS) is 25.3. The Hall–Kier alpha value is -2.15. The van der Waals surface area contributed by atoms with Gasteiger partial charge in [-0.1, -0.05) is 18.2 Å². The molecule has 3 aliphatic rings. The fraction of sp³-hybridized carbons (Fsp3) is 0.652. The average molecular weight is 416 g/mol. The fourth-order valence-electron chi connectivity index (χ4n) is 4.58. The van der Waals surface area contributed by atoms with Gasteiger partial charge in [0.25, 0.3) is 0 Å². The maximum Gasteiger partial charge on any atom is 0.236 e. The van der Waals surface area contributed by atoms with Crippen LogP contribution in [0.5, 0.6) is 0 Å². The zero-order chi connectivity index (χ0) is 20.9. The van der Waals surface area contributed by atoms with Gasteiger partial charge in [0.05, 0.1) is 6.54 Å². The smallest absolute Gasteiger partial charge is 0.236 e. The van der Waals surface area contributed by atoms with Gasteiger partial charge in [-0.15, -0.1) is 0 Å². The van der Waals surface area contributed by atoms with Crippen LogP contribution in [0.4, 0.5) is 4.39 Å². The molecule has 2 atom stereocenters. The lowest BCUT2D eigenvalue weighted by Crippen LogP contribution is -2.55. The second kappa shape index (κ2) is 9.77. The third-order valence-electron chi connectivity index (χ3n) is 6.46. The standard InChI is InChI=1S/C23H34FN5O/c1-2-25-23(26-21-16-19(21)18-8-4-5-9-20(18)24)29-14-12-27(13-15-29)17-22(30)28-10-6-3-7-11-28/h4-5,8-9,19,21H,2-3,6-7,10-17H2,1H3,(H,25,26).